The highest BCUT2D eigenvalue weighted by Crippen LogP contribution is 2.50. The Morgan fingerprint density at radius 1 is 0.509 bits per heavy atom. The van der Waals surface area contributed by atoms with Gasteiger partial charge in [-0.25, -0.2) is 0 Å². The summed E-state index contributed by atoms with van der Waals surface area (Å²) in [5.74, 6) is 0. The van der Waals surface area contributed by atoms with Gasteiger partial charge >= 0.3 is 0 Å². The van der Waals surface area contributed by atoms with E-state index in [1.807, 2.05) is 0 Å². The SMILES string of the molecule is C/C=C\C=C/CN(c1ccc(-c2ccc3c(c2)c2ccccc2n3-c2ccc(-c3ccccc3)cc2)cc1)c1ccc2c(c1)C(C)(C)c1ccccc1-2. The quantitative estimate of drug-likeness (QED) is 0.145. The highest BCUT2D eigenvalue weighted by atomic mass is 15.1. The number of para-hydroxylation sites is 1. The van der Waals surface area contributed by atoms with Crippen molar-refractivity contribution in [2.45, 2.75) is 26.2 Å². The summed E-state index contributed by atoms with van der Waals surface area (Å²) in [6.07, 6.45) is 8.54. The number of benzene rings is 7. The Hall–Kier alpha value is -6.38. The molecule has 7 aromatic carbocycles. The molecule has 0 spiro atoms. The van der Waals surface area contributed by atoms with E-state index >= 15 is 0 Å². The van der Waals surface area contributed by atoms with Gasteiger partial charge in [0.25, 0.3) is 0 Å². The van der Waals surface area contributed by atoms with Crippen LogP contribution in [0.4, 0.5) is 11.4 Å². The van der Waals surface area contributed by atoms with Crippen molar-refractivity contribution in [2.24, 2.45) is 0 Å². The van der Waals surface area contributed by atoms with Gasteiger partial charge in [-0.3, -0.25) is 0 Å². The number of allylic oxidation sites excluding steroid dienone is 3. The average molecular weight is 683 g/mol. The van der Waals surface area contributed by atoms with Crippen LogP contribution in [0.25, 0.3) is 60.9 Å². The molecule has 2 nitrogen and oxygen atoms in total. The zero-order chi connectivity index (χ0) is 35.9. The van der Waals surface area contributed by atoms with Crippen LogP contribution in [0.3, 0.4) is 0 Å². The normalized spacial score (nSPS) is 13.3. The van der Waals surface area contributed by atoms with Crippen molar-refractivity contribution in [3.63, 3.8) is 0 Å². The van der Waals surface area contributed by atoms with Crippen LogP contribution >= 0.6 is 0 Å². The predicted molar refractivity (Wildman–Crippen MR) is 227 cm³/mol. The van der Waals surface area contributed by atoms with E-state index in [4.69, 9.17) is 0 Å². The van der Waals surface area contributed by atoms with Crippen molar-refractivity contribution in [3.8, 4) is 39.1 Å². The molecule has 1 aromatic heterocycles. The number of anilines is 2. The van der Waals surface area contributed by atoms with Crippen LogP contribution in [0.5, 0.6) is 0 Å². The summed E-state index contributed by atoms with van der Waals surface area (Å²) >= 11 is 0. The minimum Gasteiger partial charge on any atom is -0.338 e. The first-order chi connectivity index (χ1) is 26.0. The number of rotatable bonds is 8. The lowest BCUT2D eigenvalue weighted by Crippen LogP contribution is -2.19. The van der Waals surface area contributed by atoms with E-state index in [1.54, 1.807) is 0 Å². The molecule has 1 aliphatic rings. The maximum atomic E-state index is 2.42. The molecule has 1 heterocycles. The first kappa shape index (κ1) is 32.5. The summed E-state index contributed by atoms with van der Waals surface area (Å²) in [5.41, 5.74) is 16.2. The van der Waals surface area contributed by atoms with Gasteiger partial charge in [-0.2, -0.15) is 0 Å². The van der Waals surface area contributed by atoms with Crippen LogP contribution in [0.15, 0.2) is 188 Å². The molecular weight excluding hydrogens is 641 g/mol. The van der Waals surface area contributed by atoms with E-state index in [2.05, 4.69) is 218 Å². The van der Waals surface area contributed by atoms with E-state index in [9.17, 15) is 0 Å². The van der Waals surface area contributed by atoms with Gasteiger partial charge in [-0.15, -0.1) is 0 Å². The Balaban J connectivity index is 1.07. The second-order valence-electron chi connectivity index (χ2n) is 14.5. The fourth-order valence-electron chi connectivity index (χ4n) is 8.27. The maximum absolute atomic E-state index is 2.42. The summed E-state index contributed by atoms with van der Waals surface area (Å²) in [4.78, 5) is 2.42. The summed E-state index contributed by atoms with van der Waals surface area (Å²) in [6.45, 7) is 7.53. The molecular formula is C51H42N2. The van der Waals surface area contributed by atoms with E-state index in [1.165, 1.54) is 77.7 Å². The standard InChI is InChI=1S/C51H42N2/c1-4-5-6-14-33-52(42-30-31-44-43-17-10-12-19-47(43)51(2,3)48(44)35-42)40-26-21-38(22-27-40)39-25-32-50-46(34-39)45-18-11-13-20-49(45)53(50)41-28-23-37(24-29-41)36-15-8-7-9-16-36/h4-32,34-35H,33H2,1-3H3/b5-4-,14-6-. The van der Waals surface area contributed by atoms with Gasteiger partial charge in [0, 0.05) is 39.8 Å². The smallest absolute Gasteiger partial charge is 0.0541 e. The summed E-state index contributed by atoms with van der Waals surface area (Å²) in [5, 5.41) is 2.51. The zero-order valence-electron chi connectivity index (χ0n) is 30.5. The molecule has 0 saturated heterocycles. The van der Waals surface area contributed by atoms with Crippen LogP contribution in [-0.2, 0) is 5.41 Å². The molecule has 256 valence electrons. The molecule has 0 saturated carbocycles. The third-order valence-electron chi connectivity index (χ3n) is 11.0. The molecule has 0 aliphatic heterocycles. The molecule has 53 heavy (non-hydrogen) atoms. The fraction of sp³-hybridized carbons (Fsp3) is 0.0980. The molecule has 2 heteroatoms. The molecule has 0 atom stereocenters. The highest BCUT2D eigenvalue weighted by molar-refractivity contribution is 6.10. The fourth-order valence-corrected chi connectivity index (χ4v) is 8.27. The second-order valence-corrected chi connectivity index (χ2v) is 14.5. The monoisotopic (exact) mass is 682 g/mol. The number of hydrogen-bond donors (Lipinski definition) is 0. The largest absolute Gasteiger partial charge is 0.338 e. The van der Waals surface area contributed by atoms with Gasteiger partial charge in [0.05, 0.1) is 11.0 Å². The van der Waals surface area contributed by atoms with E-state index in [0.717, 1.165) is 12.2 Å². The van der Waals surface area contributed by atoms with Crippen LogP contribution < -0.4 is 4.90 Å². The highest BCUT2D eigenvalue weighted by Gasteiger charge is 2.35. The van der Waals surface area contributed by atoms with Crippen LogP contribution in [0.2, 0.25) is 0 Å². The van der Waals surface area contributed by atoms with Crippen molar-refractivity contribution in [2.75, 3.05) is 11.4 Å². The van der Waals surface area contributed by atoms with Crippen LogP contribution in [-0.4, -0.2) is 11.1 Å². The molecule has 0 N–H and O–H groups in total. The van der Waals surface area contributed by atoms with Crippen molar-refractivity contribution < 1.29 is 0 Å². The number of aromatic nitrogens is 1. The van der Waals surface area contributed by atoms with Crippen molar-refractivity contribution in [3.05, 3.63) is 199 Å². The topological polar surface area (TPSA) is 8.17 Å². The Bertz CT molecular complexity index is 2650. The maximum Gasteiger partial charge on any atom is 0.0541 e. The van der Waals surface area contributed by atoms with E-state index in [-0.39, 0.29) is 5.41 Å². The molecule has 0 radical (unpaired) electrons. The summed E-state index contributed by atoms with van der Waals surface area (Å²) in [6, 6.07) is 60.1. The predicted octanol–water partition coefficient (Wildman–Crippen LogP) is 13.7. The van der Waals surface area contributed by atoms with Gasteiger partial charge in [-0.1, -0.05) is 147 Å². The molecule has 0 amide bonds. The van der Waals surface area contributed by atoms with Gasteiger partial charge in [0.1, 0.15) is 0 Å². The molecule has 0 bridgehead atoms. The molecule has 8 aromatic rings. The van der Waals surface area contributed by atoms with Crippen molar-refractivity contribution in [1.82, 2.24) is 4.57 Å². The van der Waals surface area contributed by atoms with Gasteiger partial charge in [0.15, 0.2) is 0 Å². The van der Waals surface area contributed by atoms with Gasteiger partial charge in [-0.05, 0) is 106 Å². The lowest BCUT2D eigenvalue weighted by molar-refractivity contribution is 0.660. The molecule has 0 unspecified atom stereocenters. The number of nitrogens with zero attached hydrogens (tertiary/aromatic N) is 2. The molecule has 9 rings (SSSR count). The number of fused-ring (bicyclic) bond motifs is 6. The lowest BCUT2D eigenvalue weighted by Gasteiger charge is -2.27. The average Bonchev–Trinajstić information content (AvgIpc) is 3.66. The minimum absolute atomic E-state index is 0.0500. The van der Waals surface area contributed by atoms with Gasteiger partial charge in [0.2, 0.25) is 0 Å². The van der Waals surface area contributed by atoms with Crippen LogP contribution in [0.1, 0.15) is 31.9 Å². The Labute approximate surface area is 312 Å². The third-order valence-corrected chi connectivity index (χ3v) is 11.0. The Kier molecular flexibility index (Phi) is 8.16. The third kappa shape index (κ3) is 5.68. The first-order valence-corrected chi connectivity index (χ1v) is 18.6. The second kappa shape index (κ2) is 13.3. The first-order valence-electron chi connectivity index (χ1n) is 18.6. The Morgan fingerprint density at radius 2 is 1.13 bits per heavy atom. The Morgan fingerprint density at radius 3 is 1.94 bits per heavy atom. The van der Waals surface area contributed by atoms with Crippen molar-refractivity contribution >= 4 is 33.2 Å². The van der Waals surface area contributed by atoms with E-state index < -0.39 is 0 Å². The van der Waals surface area contributed by atoms with E-state index in [0.29, 0.717) is 0 Å². The zero-order valence-corrected chi connectivity index (χ0v) is 30.5. The molecule has 0 fully saturated rings. The minimum atomic E-state index is -0.0500. The summed E-state index contributed by atoms with van der Waals surface area (Å²) in [7, 11) is 0. The molecule has 1 aliphatic carbocycles. The van der Waals surface area contributed by atoms with Gasteiger partial charge < -0.3 is 9.47 Å². The van der Waals surface area contributed by atoms with Crippen LogP contribution in [0, 0.1) is 0 Å². The summed E-state index contributed by atoms with van der Waals surface area (Å²) < 4.78 is 2.39. The van der Waals surface area contributed by atoms with Crippen molar-refractivity contribution in [1.29, 1.82) is 0 Å². The lowest BCUT2D eigenvalue weighted by atomic mass is 9.82. The number of hydrogen-bond acceptors (Lipinski definition) is 1.